The lowest BCUT2D eigenvalue weighted by atomic mass is 10.2. The number of rotatable bonds is 5. The topological polar surface area (TPSA) is 56.3 Å². The molecule has 0 N–H and O–H groups in total. The van der Waals surface area contributed by atoms with Crippen LogP contribution in [-0.2, 0) is 14.3 Å². The summed E-state index contributed by atoms with van der Waals surface area (Å²) in [5.74, 6) is 0.0278. The number of likely N-dealkylation sites (N-methyl/N-ethyl adjacent to an activating group) is 1. The van der Waals surface area contributed by atoms with Crippen LogP contribution in [0.25, 0.3) is 0 Å². The van der Waals surface area contributed by atoms with Crippen LogP contribution in [0.4, 0.5) is 0 Å². The van der Waals surface area contributed by atoms with E-state index in [9.17, 15) is 9.59 Å². The van der Waals surface area contributed by atoms with Crippen LogP contribution in [0.5, 0.6) is 0 Å². The second kappa shape index (κ2) is 8.45. The molecule has 1 amide bonds. The number of amides is 1. The van der Waals surface area contributed by atoms with E-state index < -0.39 is 0 Å². The van der Waals surface area contributed by atoms with E-state index in [1.165, 1.54) is 0 Å². The number of ether oxygens (including phenoxy) is 1. The fraction of sp³-hybridized carbons (Fsp3) is 0.867. The number of hydrogen-bond acceptors (Lipinski definition) is 6. The van der Waals surface area contributed by atoms with E-state index in [4.69, 9.17) is 4.74 Å². The summed E-state index contributed by atoms with van der Waals surface area (Å²) in [6, 6.07) is 0. The van der Waals surface area contributed by atoms with Crippen LogP contribution in [0.3, 0.4) is 0 Å². The Balaban J connectivity index is 1.67. The Morgan fingerprint density at radius 3 is 2.00 bits per heavy atom. The van der Waals surface area contributed by atoms with Gasteiger partial charge in [-0.3, -0.25) is 19.4 Å². The first-order valence-corrected chi connectivity index (χ1v) is 8.15. The molecule has 0 radical (unpaired) electrons. The molecular weight excluding hydrogens is 284 g/mol. The first-order chi connectivity index (χ1) is 10.6. The maximum atomic E-state index is 12.3. The van der Waals surface area contributed by atoms with Gasteiger partial charge in [-0.05, 0) is 14.0 Å². The second-order valence-corrected chi connectivity index (χ2v) is 6.04. The van der Waals surface area contributed by atoms with E-state index in [1.54, 1.807) is 0 Å². The summed E-state index contributed by atoms with van der Waals surface area (Å²) in [7, 11) is 2.11. The summed E-state index contributed by atoms with van der Waals surface area (Å²) < 4.78 is 4.96. The van der Waals surface area contributed by atoms with Crippen LogP contribution in [0.15, 0.2) is 0 Å². The molecule has 7 heteroatoms. The molecule has 0 saturated carbocycles. The van der Waals surface area contributed by atoms with Gasteiger partial charge < -0.3 is 14.5 Å². The van der Waals surface area contributed by atoms with E-state index in [2.05, 4.69) is 21.7 Å². The predicted octanol–water partition coefficient (Wildman–Crippen LogP) is -1.06. The third-order valence-corrected chi connectivity index (χ3v) is 4.34. The Morgan fingerprint density at radius 1 is 0.864 bits per heavy atom. The SMILES string of the molecule is CCOC(=O)CN1CCN(C(=O)CN2CCN(C)CC2)CC1. The van der Waals surface area contributed by atoms with E-state index in [0.717, 1.165) is 39.3 Å². The van der Waals surface area contributed by atoms with Crippen molar-refractivity contribution in [2.45, 2.75) is 6.92 Å². The number of piperazine rings is 2. The zero-order valence-electron chi connectivity index (χ0n) is 13.8. The molecule has 126 valence electrons. The Morgan fingerprint density at radius 2 is 1.41 bits per heavy atom. The van der Waals surface area contributed by atoms with Crippen molar-refractivity contribution in [2.24, 2.45) is 0 Å². The minimum absolute atomic E-state index is 0.181. The van der Waals surface area contributed by atoms with E-state index >= 15 is 0 Å². The maximum Gasteiger partial charge on any atom is 0.320 e. The van der Waals surface area contributed by atoms with Crippen LogP contribution < -0.4 is 0 Å². The average molecular weight is 312 g/mol. The highest BCUT2D eigenvalue weighted by molar-refractivity contribution is 5.78. The molecule has 0 bridgehead atoms. The van der Waals surface area contributed by atoms with Crippen LogP contribution >= 0.6 is 0 Å². The van der Waals surface area contributed by atoms with Crippen LogP contribution in [0.2, 0.25) is 0 Å². The van der Waals surface area contributed by atoms with Crippen molar-refractivity contribution in [2.75, 3.05) is 79.1 Å². The van der Waals surface area contributed by atoms with Crippen molar-refractivity contribution in [3.63, 3.8) is 0 Å². The van der Waals surface area contributed by atoms with Gasteiger partial charge in [0.25, 0.3) is 0 Å². The number of esters is 1. The number of carbonyl (C=O) groups excluding carboxylic acids is 2. The van der Waals surface area contributed by atoms with E-state index in [0.29, 0.717) is 32.8 Å². The largest absolute Gasteiger partial charge is 0.465 e. The molecule has 2 heterocycles. The van der Waals surface area contributed by atoms with Crippen molar-refractivity contribution >= 4 is 11.9 Å². The molecule has 2 aliphatic heterocycles. The van der Waals surface area contributed by atoms with E-state index in [-0.39, 0.29) is 11.9 Å². The lowest BCUT2D eigenvalue weighted by molar-refractivity contribution is -0.145. The summed E-state index contributed by atoms with van der Waals surface area (Å²) in [5, 5.41) is 0. The van der Waals surface area contributed by atoms with Gasteiger partial charge in [0, 0.05) is 52.4 Å². The fourth-order valence-corrected chi connectivity index (χ4v) is 2.84. The van der Waals surface area contributed by atoms with Crippen molar-refractivity contribution in [1.29, 1.82) is 0 Å². The number of nitrogens with zero attached hydrogens (tertiary/aromatic N) is 4. The van der Waals surface area contributed by atoms with Crippen molar-refractivity contribution in [1.82, 2.24) is 19.6 Å². The summed E-state index contributed by atoms with van der Waals surface area (Å²) >= 11 is 0. The van der Waals surface area contributed by atoms with Gasteiger partial charge in [0.1, 0.15) is 0 Å². The lowest BCUT2D eigenvalue weighted by Gasteiger charge is -2.37. The summed E-state index contributed by atoms with van der Waals surface area (Å²) in [5.41, 5.74) is 0. The fourth-order valence-electron chi connectivity index (χ4n) is 2.84. The molecule has 22 heavy (non-hydrogen) atoms. The molecule has 0 aliphatic carbocycles. The zero-order valence-corrected chi connectivity index (χ0v) is 13.8. The monoisotopic (exact) mass is 312 g/mol. The molecule has 0 unspecified atom stereocenters. The molecule has 0 spiro atoms. The van der Waals surface area contributed by atoms with Gasteiger partial charge in [0.05, 0.1) is 19.7 Å². The third-order valence-electron chi connectivity index (χ3n) is 4.34. The molecule has 0 aromatic carbocycles. The molecule has 2 fully saturated rings. The average Bonchev–Trinajstić information content (AvgIpc) is 2.50. The highest BCUT2D eigenvalue weighted by Crippen LogP contribution is 2.05. The Bertz CT molecular complexity index is 375. The number of carbonyl (C=O) groups is 2. The molecule has 2 rings (SSSR count). The zero-order chi connectivity index (χ0) is 15.9. The van der Waals surface area contributed by atoms with Gasteiger partial charge in [-0.2, -0.15) is 0 Å². The molecular formula is C15H28N4O3. The van der Waals surface area contributed by atoms with Gasteiger partial charge in [-0.1, -0.05) is 0 Å². The Labute approximate surface area is 132 Å². The molecule has 7 nitrogen and oxygen atoms in total. The molecule has 2 aliphatic rings. The first-order valence-electron chi connectivity index (χ1n) is 8.15. The van der Waals surface area contributed by atoms with E-state index in [1.807, 2.05) is 11.8 Å². The normalized spacial score (nSPS) is 21.8. The van der Waals surface area contributed by atoms with Crippen molar-refractivity contribution in [3.8, 4) is 0 Å². The smallest absolute Gasteiger partial charge is 0.320 e. The van der Waals surface area contributed by atoms with Gasteiger partial charge in [0.2, 0.25) is 5.91 Å². The minimum Gasteiger partial charge on any atom is -0.465 e. The van der Waals surface area contributed by atoms with Gasteiger partial charge in [0.15, 0.2) is 0 Å². The van der Waals surface area contributed by atoms with Crippen LogP contribution in [0.1, 0.15) is 6.92 Å². The quantitative estimate of drug-likeness (QED) is 0.603. The number of hydrogen-bond donors (Lipinski definition) is 0. The highest BCUT2D eigenvalue weighted by Gasteiger charge is 2.24. The Hall–Kier alpha value is -1.18. The lowest BCUT2D eigenvalue weighted by Crippen LogP contribution is -2.54. The van der Waals surface area contributed by atoms with Gasteiger partial charge in [-0.15, -0.1) is 0 Å². The van der Waals surface area contributed by atoms with Crippen LogP contribution in [-0.4, -0.2) is 111 Å². The second-order valence-electron chi connectivity index (χ2n) is 6.04. The standard InChI is InChI=1S/C15H28N4O3/c1-3-22-15(21)13-18-8-10-19(11-9-18)14(20)12-17-6-4-16(2)5-7-17/h3-13H2,1-2H3. The van der Waals surface area contributed by atoms with Gasteiger partial charge >= 0.3 is 5.97 Å². The maximum absolute atomic E-state index is 12.3. The van der Waals surface area contributed by atoms with Gasteiger partial charge in [-0.25, -0.2) is 0 Å². The summed E-state index contributed by atoms with van der Waals surface area (Å²) in [4.78, 5) is 32.3. The molecule has 0 aromatic rings. The summed E-state index contributed by atoms with van der Waals surface area (Å²) in [6.45, 7) is 9.95. The first kappa shape index (κ1) is 17.2. The minimum atomic E-state index is -0.181. The van der Waals surface area contributed by atoms with Crippen molar-refractivity contribution in [3.05, 3.63) is 0 Å². The third kappa shape index (κ3) is 5.23. The predicted molar refractivity (Wildman–Crippen MR) is 83.6 cm³/mol. The molecule has 2 saturated heterocycles. The summed E-state index contributed by atoms with van der Waals surface area (Å²) in [6.07, 6.45) is 0. The molecule has 0 aromatic heterocycles. The molecule has 0 atom stereocenters. The van der Waals surface area contributed by atoms with Crippen molar-refractivity contribution < 1.29 is 14.3 Å². The Kier molecular flexibility index (Phi) is 6.60. The highest BCUT2D eigenvalue weighted by atomic mass is 16.5. The van der Waals surface area contributed by atoms with Crippen LogP contribution in [0, 0.1) is 0 Å².